The molecule has 6 nitrogen and oxygen atoms in total. The fourth-order valence-electron chi connectivity index (χ4n) is 4.82. The summed E-state index contributed by atoms with van der Waals surface area (Å²) in [7, 11) is 0. The topological polar surface area (TPSA) is 82.3 Å². The molecule has 1 aromatic heterocycles. The summed E-state index contributed by atoms with van der Waals surface area (Å²) in [6, 6.07) is 14.5. The van der Waals surface area contributed by atoms with Crippen molar-refractivity contribution in [1.82, 2.24) is 15.2 Å². The van der Waals surface area contributed by atoms with Gasteiger partial charge in [0.1, 0.15) is 5.54 Å². The number of ketones is 1. The lowest BCUT2D eigenvalue weighted by molar-refractivity contribution is -0.133. The van der Waals surface area contributed by atoms with E-state index >= 15 is 0 Å². The first-order chi connectivity index (χ1) is 15.0. The Morgan fingerprint density at radius 3 is 2.55 bits per heavy atom. The molecular formula is C24H22ClN3O3. The lowest BCUT2D eigenvalue weighted by Gasteiger charge is -2.34. The van der Waals surface area contributed by atoms with Crippen LogP contribution in [0, 0.1) is 5.92 Å². The second kappa shape index (κ2) is 7.54. The molecule has 0 radical (unpaired) electrons. The number of fused-ring (bicyclic) bond motifs is 1. The van der Waals surface area contributed by atoms with Gasteiger partial charge in [-0.3, -0.25) is 14.5 Å². The van der Waals surface area contributed by atoms with Gasteiger partial charge < -0.3 is 10.3 Å². The van der Waals surface area contributed by atoms with Gasteiger partial charge in [-0.25, -0.2) is 4.79 Å². The van der Waals surface area contributed by atoms with Crippen molar-refractivity contribution in [1.29, 1.82) is 0 Å². The number of nitrogens with one attached hydrogen (secondary N) is 2. The van der Waals surface area contributed by atoms with Gasteiger partial charge in [0.25, 0.3) is 5.91 Å². The van der Waals surface area contributed by atoms with E-state index in [-0.39, 0.29) is 24.2 Å². The van der Waals surface area contributed by atoms with E-state index in [2.05, 4.69) is 10.3 Å². The predicted octanol–water partition coefficient (Wildman–Crippen LogP) is 4.69. The van der Waals surface area contributed by atoms with Crippen LogP contribution >= 0.6 is 11.6 Å². The van der Waals surface area contributed by atoms with Crippen LogP contribution in [0.5, 0.6) is 0 Å². The number of H-pyrrole nitrogens is 1. The van der Waals surface area contributed by atoms with Gasteiger partial charge >= 0.3 is 6.03 Å². The van der Waals surface area contributed by atoms with Gasteiger partial charge in [0, 0.05) is 33.6 Å². The van der Waals surface area contributed by atoms with Gasteiger partial charge in [-0.15, -0.1) is 0 Å². The Labute approximate surface area is 184 Å². The third kappa shape index (κ3) is 3.31. The molecule has 31 heavy (non-hydrogen) atoms. The first-order valence-electron chi connectivity index (χ1n) is 10.5. The fourth-order valence-corrected chi connectivity index (χ4v) is 5.02. The number of aromatic nitrogens is 1. The van der Waals surface area contributed by atoms with E-state index < -0.39 is 11.6 Å². The maximum absolute atomic E-state index is 13.2. The van der Waals surface area contributed by atoms with E-state index in [0.717, 1.165) is 16.5 Å². The first-order valence-corrected chi connectivity index (χ1v) is 10.8. The van der Waals surface area contributed by atoms with Crippen molar-refractivity contribution >= 4 is 40.2 Å². The van der Waals surface area contributed by atoms with Crippen molar-refractivity contribution in [2.45, 2.75) is 37.8 Å². The van der Waals surface area contributed by atoms with Crippen molar-refractivity contribution in [3.8, 4) is 0 Å². The van der Waals surface area contributed by atoms with Crippen molar-refractivity contribution in [2.75, 3.05) is 0 Å². The molecule has 0 unspecified atom stereocenters. The summed E-state index contributed by atoms with van der Waals surface area (Å²) >= 11 is 6.21. The normalized spacial score (nSPS) is 23.5. The maximum atomic E-state index is 13.2. The second-order valence-corrected chi connectivity index (χ2v) is 8.79. The van der Waals surface area contributed by atoms with E-state index in [4.69, 9.17) is 11.6 Å². The molecule has 2 aliphatic rings. The van der Waals surface area contributed by atoms with Crippen LogP contribution in [-0.2, 0) is 11.3 Å². The molecule has 1 aliphatic carbocycles. The van der Waals surface area contributed by atoms with Gasteiger partial charge in [-0.05, 0) is 43.4 Å². The standard InChI is InChI=1S/C24H22ClN3O3/c25-19-7-3-1-5-16(19)14-28-22(30)24(27-23(28)31)11-9-15(10-12-24)21(29)18-13-26-20-8-4-2-6-17(18)20/h1-8,13,15,26H,9-12,14H2,(H,27,31). The summed E-state index contributed by atoms with van der Waals surface area (Å²) in [6.45, 7) is 0.143. The average molecular weight is 436 g/mol. The van der Waals surface area contributed by atoms with E-state index in [1.165, 1.54) is 4.90 Å². The van der Waals surface area contributed by atoms with Crippen LogP contribution in [-0.4, -0.2) is 33.1 Å². The van der Waals surface area contributed by atoms with Crippen LogP contribution in [0.25, 0.3) is 10.9 Å². The highest BCUT2D eigenvalue weighted by molar-refractivity contribution is 6.31. The molecule has 2 heterocycles. The van der Waals surface area contributed by atoms with Gasteiger partial charge in [0.2, 0.25) is 0 Å². The zero-order chi connectivity index (χ0) is 21.6. The van der Waals surface area contributed by atoms with Gasteiger partial charge in [0.05, 0.1) is 6.54 Å². The quantitative estimate of drug-likeness (QED) is 0.461. The molecule has 1 saturated heterocycles. The highest BCUT2D eigenvalue weighted by Crippen LogP contribution is 2.39. The lowest BCUT2D eigenvalue weighted by Crippen LogP contribution is -2.50. The highest BCUT2D eigenvalue weighted by atomic mass is 35.5. The Bertz CT molecular complexity index is 1190. The smallest absolute Gasteiger partial charge is 0.325 e. The van der Waals surface area contributed by atoms with Crippen LogP contribution in [0.1, 0.15) is 41.6 Å². The molecule has 7 heteroatoms. The van der Waals surface area contributed by atoms with Crippen LogP contribution < -0.4 is 5.32 Å². The number of rotatable bonds is 4. The Morgan fingerprint density at radius 2 is 1.77 bits per heavy atom. The molecule has 0 atom stereocenters. The number of nitrogens with zero attached hydrogens (tertiary/aromatic N) is 1. The number of para-hydroxylation sites is 1. The predicted molar refractivity (Wildman–Crippen MR) is 118 cm³/mol. The first kappa shape index (κ1) is 19.8. The molecule has 2 aromatic carbocycles. The minimum Gasteiger partial charge on any atom is -0.360 e. The van der Waals surface area contributed by atoms with Crippen LogP contribution in [0.2, 0.25) is 5.02 Å². The Morgan fingerprint density at radius 1 is 1.06 bits per heavy atom. The van der Waals surface area contributed by atoms with Crippen molar-refractivity contribution in [3.05, 3.63) is 70.9 Å². The Kier molecular flexibility index (Phi) is 4.82. The molecule has 5 rings (SSSR count). The SMILES string of the molecule is O=C(c1c[nH]c2ccccc12)C1CCC2(CC1)NC(=O)N(Cc1ccccc1Cl)C2=O. The monoisotopic (exact) mass is 435 g/mol. The zero-order valence-corrected chi connectivity index (χ0v) is 17.6. The number of aromatic amines is 1. The minimum atomic E-state index is -0.921. The number of imide groups is 1. The molecule has 1 spiro atoms. The average Bonchev–Trinajstić information content (AvgIpc) is 3.30. The number of carbonyl (C=O) groups excluding carboxylic acids is 3. The van der Waals surface area contributed by atoms with Crippen LogP contribution in [0.4, 0.5) is 4.79 Å². The number of urea groups is 1. The summed E-state index contributed by atoms with van der Waals surface area (Å²) in [5, 5.41) is 4.35. The number of benzene rings is 2. The number of carbonyl (C=O) groups is 3. The van der Waals surface area contributed by atoms with E-state index in [9.17, 15) is 14.4 Å². The Hall–Kier alpha value is -3.12. The molecular weight excluding hydrogens is 414 g/mol. The van der Waals surface area contributed by atoms with E-state index in [1.807, 2.05) is 42.5 Å². The molecule has 2 fully saturated rings. The molecule has 3 amide bonds. The summed E-state index contributed by atoms with van der Waals surface area (Å²) in [5.74, 6) is -0.292. The maximum Gasteiger partial charge on any atom is 0.325 e. The number of Topliss-reactive ketones (excluding diaryl/α,β-unsaturated/α-hetero) is 1. The summed E-state index contributed by atoms with van der Waals surface area (Å²) in [6.07, 6.45) is 3.80. The molecule has 0 bridgehead atoms. The lowest BCUT2D eigenvalue weighted by atomic mass is 9.74. The van der Waals surface area contributed by atoms with E-state index in [0.29, 0.717) is 36.3 Å². The molecule has 158 valence electrons. The van der Waals surface area contributed by atoms with Gasteiger partial charge in [-0.2, -0.15) is 0 Å². The van der Waals surface area contributed by atoms with Gasteiger partial charge in [0.15, 0.2) is 5.78 Å². The summed E-state index contributed by atoms with van der Waals surface area (Å²) in [4.78, 5) is 43.3. The summed E-state index contributed by atoms with van der Waals surface area (Å²) < 4.78 is 0. The largest absolute Gasteiger partial charge is 0.360 e. The number of amides is 3. The third-order valence-corrected chi connectivity index (χ3v) is 6.97. The number of hydrogen-bond donors (Lipinski definition) is 2. The third-order valence-electron chi connectivity index (χ3n) is 6.60. The number of hydrogen-bond acceptors (Lipinski definition) is 3. The summed E-state index contributed by atoms with van der Waals surface area (Å²) in [5.41, 5.74) is 1.44. The van der Waals surface area contributed by atoms with Crippen LogP contribution in [0.15, 0.2) is 54.7 Å². The molecule has 1 aliphatic heterocycles. The van der Waals surface area contributed by atoms with E-state index in [1.54, 1.807) is 12.3 Å². The molecule has 3 aromatic rings. The fraction of sp³-hybridized carbons (Fsp3) is 0.292. The van der Waals surface area contributed by atoms with Gasteiger partial charge in [-0.1, -0.05) is 48.0 Å². The second-order valence-electron chi connectivity index (χ2n) is 8.38. The molecule has 1 saturated carbocycles. The van der Waals surface area contributed by atoms with Crippen LogP contribution in [0.3, 0.4) is 0 Å². The molecule has 2 N–H and O–H groups in total. The van der Waals surface area contributed by atoms with Crippen molar-refractivity contribution in [2.24, 2.45) is 5.92 Å². The number of halogens is 1. The Balaban J connectivity index is 1.30. The highest BCUT2D eigenvalue weighted by Gasteiger charge is 2.53. The minimum absolute atomic E-state index is 0.0944. The van der Waals surface area contributed by atoms with Crippen molar-refractivity contribution in [3.63, 3.8) is 0 Å². The van der Waals surface area contributed by atoms with Crippen molar-refractivity contribution < 1.29 is 14.4 Å². The zero-order valence-electron chi connectivity index (χ0n) is 16.9.